The van der Waals surface area contributed by atoms with Crippen LogP contribution < -0.4 is 4.90 Å². The standard InChI is InChI=1S/C19H23N3O/c1-4-21(5-2)11-12-22-13-20-19-16(14(3)23)10-9-15-7-6-8-17(22)18(15)19/h6-10,13H,4-5,11-12H2,1-3H3. The van der Waals surface area contributed by atoms with Gasteiger partial charge < -0.3 is 9.80 Å². The third-order valence-electron chi connectivity index (χ3n) is 4.56. The summed E-state index contributed by atoms with van der Waals surface area (Å²) in [5.74, 6) is 0.0606. The first-order valence-electron chi connectivity index (χ1n) is 8.25. The van der Waals surface area contributed by atoms with Gasteiger partial charge in [-0.25, -0.2) is 4.99 Å². The Labute approximate surface area is 137 Å². The Morgan fingerprint density at radius 3 is 2.65 bits per heavy atom. The van der Waals surface area contributed by atoms with Crippen LogP contribution in [0, 0.1) is 0 Å². The van der Waals surface area contributed by atoms with Crippen molar-refractivity contribution in [3.8, 4) is 0 Å². The Morgan fingerprint density at radius 2 is 1.96 bits per heavy atom. The summed E-state index contributed by atoms with van der Waals surface area (Å²) in [6.07, 6.45) is 1.87. The van der Waals surface area contributed by atoms with Crippen molar-refractivity contribution in [2.45, 2.75) is 20.8 Å². The van der Waals surface area contributed by atoms with Gasteiger partial charge in [-0.1, -0.05) is 32.0 Å². The van der Waals surface area contributed by atoms with Crippen LogP contribution in [-0.2, 0) is 0 Å². The van der Waals surface area contributed by atoms with Crippen LogP contribution >= 0.6 is 0 Å². The average Bonchev–Trinajstić information content (AvgIpc) is 2.57. The van der Waals surface area contributed by atoms with Gasteiger partial charge in [0.05, 0.1) is 17.7 Å². The summed E-state index contributed by atoms with van der Waals surface area (Å²) in [6.45, 7) is 9.97. The van der Waals surface area contributed by atoms with E-state index in [1.54, 1.807) is 6.92 Å². The van der Waals surface area contributed by atoms with Crippen molar-refractivity contribution in [1.82, 2.24) is 4.90 Å². The number of likely N-dealkylation sites (N-methyl/N-ethyl adjacent to an activating group) is 1. The normalized spacial score (nSPS) is 13.1. The second kappa shape index (κ2) is 6.50. The van der Waals surface area contributed by atoms with E-state index in [2.05, 4.69) is 46.8 Å². The van der Waals surface area contributed by atoms with Crippen molar-refractivity contribution >= 4 is 34.3 Å². The third kappa shape index (κ3) is 2.86. The monoisotopic (exact) mass is 309 g/mol. The predicted molar refractivity (Wildman–Crippen MR) is 97.2 cm³/mol. The number of carbonyl (C=O) groups excluding carboxylic acids is 1. The molecule has 0 unspecified atom stereocenters. The highest BCUT2D eigenvalue weighted by molar-refractivity contribution is 6.15. The van der Waals surface area contributed by atoms with E-state index in [4.69, 9.17) is 0 Å². The Morgan fingerprint density at radius 1 is 1.17 bits per heavy atom. The number of benzene rings is 2. The largest absolute Gasteiger partial charge is 0.330 e. The van der Waals surface area contributed by atoms with Crippen molar-refractivity contribution in [3.63, 3.8) is 0 Å². The number of Topliss-reactive ketones (excluding diaryl/α,β-unsaturated/α-hetero) is 1. The van der Waals surface area contributed by atoms with Gasteiger partial charge in [-0.05, 0) is 37.5 Å². The van der Waals surface area contributed by atoms with Gasteiger partial charge in [0, 0.05) is 24.0 Å². The first kappa shape index (κ1) is 15.7. The smallest absolute Gasteiger partial charge is 0.161 e. The molecule has 0 spiro atoms. The quantitative estimate of drug-likeness (QED) is 0.760. The lowest BCUT2D eigenvalue weighted by atomic mass is 9.99. The van der Waals surface area contributed by atoms with Crippen molar-refractivity contribution in [1.29, 1.82) is 0 Å². The summed E-state index contributed by atoms with van der Waals surface area (Å²) >= 11 is 0. The fourth-order valence-electron chi connectivity index (χ4n) is 3.16. The molecule has 23 heavy (non-hydrogen) atoms. The van der Waals surface area contributed by atoms with E-state index >= 15 is 0 Å². The van der Waals surface area contributed by atoms with Gasteiger partial charge >= 0.3 is 0 Å². The van der Waals surface area contributed by atoms with Gasteiger partial charge in [0.25, 0.3) is 0 Å². The number of hydrogen-bond acceptors (Lipinski definition) is 4. The number of carbonyl (C=O) groups is 1. The molecule has 0 aromatic heterocycles. The summed E-state index contributed by atoms with van der Waals surface area (Å²) in [5.41, 5.74) is 2.65. The van der Waals surface area contributed by atoms with E-state index in [1.807, 2.05) is 18.5 Å². The lowest BCUT2D eigenvalue weighted by Crippen LogP contribution is -2.35. The number of rotatable bonds is 6. The Kier molecular flexibility index (Phi) is 4.44. The van der Waals surface area contributed by atoms with Crippen molar-refractivity contribution < 1.29 is 4.79 Å². The third-order valence-corrected chi connectivity index (χ3v) is 4.56. The number of aliphatic imine (C=N–C) groups is 1. The number of nitrogens with zero attached hydrogens (tertiary/aromatic N) is 3. The van der Waals surface area contributed by atoms with Gasteiger partial charge in [-0.2, -0.15) is 0 Å². The molecule has 4 heteroatoms. The highest BCUT2D eigenvalue weighted by atomic mass is 16.1. The second-order valence-corrected chi connectivity index (χ2v) is 5.86. The summed E-state index contributed by atoms with van der Waals surface area (Å²) in [7, 11) is 0. The lowest BCUT2D eigenvalue weighted by molar-refractivity contribution is 0.101. The van der Waals surface area contributed by atoms with Crippen LogP contribution in [-0.4, -0.2) is 43.2 Å². The van der Waals surface area contributed by atoms with Crippen LogP contribution in [0.2, 0.25) is 0 Å². The zero-order valence-corrected chi connectivity index (χ0v) is 14.0. The molecule has 1 aliphatic heterocycles. The first-order valence-corrected chi connectivity index (χ1v) is 8.25. The van der Waals surface area contributed by atoms with Crippen LogP contribution in [0.25, 0.3) is 10.8 Å². The first-order chi connectivity index (χ1) is 11.2. The maximum atomic E-state index is 11.9. The summed E-state index contributed by atoms with van der Waals surface area (Å²) in [6, 6.07) is 10.2. The van der Waals surface area contributed by atoms with E-state index < -0.39 is 0 Å². The molecule has 2 aromatic carbocycles. The van der Waals surface area contributed by atoms with E-state index in [1.165, 1.54) is 0 Å². The molecule has 3 rings (SSSR count). The zero-order chi connectivity index (χ0) is 16.4. The molecule has 120 valence electrons. The van der Waals surface area contributed by atoms with Gasteiger partial charge in [0.15, 0.2) is 5.78 Å². The molecule has 0 bridgehead atoms. The van der Waals surface area contributed by atoms with Crippen LogP contribution in [0.5, 0.6) is 0 Å². The van der Waals surface area contributed by atoms with Crippen molar-refractivity contribution in [3.05, 3.63) is 35.9 Å². The van der Waals surface area contributed by atoms with E-state index in [0.29, 0.717) is 5.56 Å². The molecular weight excluding hydrogens is 286 g/mol. The molecular formula is C19H23N3O. The number of ketones is 1. The predicted octanol–water partition coefficient (Wildman–Crippen LogP) is 3.86. The molecule has 0 aliphatic carbocycles. The molecule has 0 saturated carbocycles. The van der Waals surface area contributed by atoms with Crippen LogP contribution in [0.15, 0.2) is 35.3 Å². The minimum Gasteiger partial charge on any atom is -0.330 e. The van der Waals surface area contributed by atoms with Gasteiger partial charge in [-0.15, -0.1) is 0 Å². The fraction of sp³-hybridized carbons (Fsp3) is 0.368. The minimum absolute atomic E-state index is 0.0606. The molecule has 0 fully saturated rings. The number of hydrogen-bond donors (Lipinski definition) is 0. The number of anilines is 1. The highest BCUT2D eigenvalue weighted by Crippen LogP contribution is 2.39. The maximum Gasteiger partial charge on any atom is 0.161 e. The molecule has 1 heterocycles. The molecule has 0 radical (unpaired) electrons. The summed E-state index contributed by atoms with van der Waals surface area (Å²) in [4.78, 5) is 21.1. The molecule has 1 aliphatic rings. The van der Waals surface area contributed by atoms with Crippen molar-refractivity contribution in [2.24, 2.45) is 4.99 Å². The zero-order valence-electron chi connectivity index (χ0n) is 14.0. The van der Waals surface area contributed by atoms with Crippen LogP contribution in [0.4, 0.5) is 11.4 Å². The van der Waals surface area contributed by atoms with Crippen LogP contribution in [0.3, 0.4) is 0 Å². The highest BCUT2D eigenvalue weighted by Gasteiger charge is 2.20. The van der Waals surface area contributed by atoms with Crippen LogP contribution in [0.1, 0.15) is 31.1 Å². The Hall–Kier alpha value is -2.20. The van der Waals surface area contributed by atoms with E-state index in [0.717, 1.165) is 48.3 Å². The summed E-state index contributed by atoms with van der Waals surface area (Å²) in [5, 5.41) is 2.22. The molecule has 0 saturated heterocycles. The fourth-order valence-corrected chi connectivity index (χ4v) is 3.16. The van der Waals surface area contributed by atoms with Gasteiger partial charge in [0.2, 0.25) is 0 Å². The molecule has 0 amide bonds. The van der Waals surface area contributed by atoms with Gasteiger partial charge in [-0.3, -0.25) is 4.79 Å². The molecule has 0 atom stereocenters. The lowest BCUT2D eigenvalue weighted by Gasteiger charge is -2.28. The van der Waals surface area contributed by atoms with Crippen molar-refractivity contribution in [2.75, 3.05) is 31.1 Å². The Balaban J connectivity index is 2.01. The van der Waals surface area contributed by atoms with E-state index in [9.17, 15) is 4.79 Å². The maximum absolute atomic E-state index is 11.9. The topological polar surface area (TPSA) is 35.9 Å². The van der Waals surface area contributed by atoms with E-state index in [-0.39, 0.29) is 5.78 Å². The summed E-state index contributed by atoms with van der Waals surface area (Å²) < 4.78 is 0. The molecule has 0 N–H and O–H groups in total. The Bertz CT molecular complexity index is 763. The average molecular weight is 309 g/mol. The second-order valence-electron chi connectivity index (χ2n) is 5.86. The molecule has 2 aromatic rings. The minimum atomic E-state index is 0.0606. The van der Waals surface area contributed by atoms with Gasteiger partial charge in [0.1, 0.15) is 0 Å². The molecule has 4 nitrogen and oxygen atoms in total. The SMILES string of the molecule is CCN(CC)CCN1C=Nc2c(C(C)=O)ccc3cccc1c23.